The molecule has 4 N–H and O–H groups in total. The number of nitrogens with one attached hydrogen (secondary N) is 2. The lowest BCUT2D eigenvalue weighted by molar-refractivity contribution is -0.134. The van der Waals surface area contributed by atoms with Gasteiger partial charge < -0.3 is 11.1 Å². The Hall–Kier alpha value is -2.42. The molecule has 1 aliphatic rings. The van der Waals surface area contributed by atoms with Gasteiger partial charge >= 0.3 is 12.1 Å². The zero-order valence-corrected chi connectivity index (χ0v) is 11.3. The number of imide groups is 2. The Bertz CT molecular complexity index is 585. The van der Waals surface area contributed by atoms with E-state index in [0.29, 0.717) is 5.56 Å². The number of carbonyl (C=O) groups excluding carboxylic acids is 4. The number of nitrogens with zero attached hydrogens (tertiary/aromatic N) is 1. The van der Waals surface area contributed by atoms with Crippen molar-refractivity contribution < 1.29 is 19.2 Å². The fourth-order valence-corrected chi connectivity index (χ4v) is 2.67. The minimum absolute atomic E-state index is 0.555. The number of primary amides is 1. The van der Waals surface area contributed by atoms with E-state index < -0.39 is 36.0 Å². The zero-order chi connectivity index (χ0) is 14.9. The maximum Gasteiger partial charge on any atom is 0.325 e. The number of carbonyl (C=O) groups is 4. The van der Waals surface area contributed by atoms with Crippen LogP contribution in [0, 0.1) is 0 Å². The molecule has 106 valence electrons. The molecule has 1 aromatic heterocycles. The molecule has 1 aliphatic heterocycles. The van der Waals surface area contributed by atoms with Crippen molar-refractivity contribution in [3.8, 4) is 0 Å². The van der Waals surface area contributed by atoms with Crippen LogP contribution in [0.1, 0.15) is 12.5 Å². The zero-order valence-electron chi connectivity index (χ0n) is 10.5. The quantitative estimate of drug-likeness (QED) is 0.663. The van der Waals surface area contributed by atoms with Gasteiger partial charge in [-0.05, 0) is 29.3 Å². The molecule has 20 heavy (non-hydrogen) atoms. The summed E-state index contributed by atoms with van der Waals surface area (Å²) >= 11 is 1.39. The molecule has 1 unspecified atom stereocenters. The van der Waals surface area contributed by atoms with Gasteiger partial charge in [0.1, 0.15) is 12.1 Å². The van der Waals surface area contributed by atoms with E-state index in [1.54, 1.807) is 29.1 Å². The summed E-state index contributed by atoms with van der Waals surface area (Å²) in [6, 6.07) is -0.0125. The summed E-state index contributed by atoms with van der Waals surface area (Å²) in [4.78, 5) is 46.8. The molecule has 9 heteroatoms. The van der Waals surface area contributed by atoms with E-state index >= 15 is 0 Å². The van der Waals surface area contributed by atoms with Gasteiger partial charge in [-0.25, -0.2) is 9.59 Å². The largest absolute Gasteiger partial charge is 0.351 e. The highest BCUT2D eigenvalue weighted by Gasteiger charge is 2.49. The Morgan fingerprint density at radius 1 is 1.50 bits per heavy atom. The lowest BCUT2D eigenvalue weighted by atomic mass is 9.95. The summed E-state index contributed by atoms with van der Waals surface area (Å²) in [5.74, 6) is -1.38. The van der Waals surface area contributed by atoms with Crippen molar-refractivity contribution in [2.75, 3.05) is 6.54 Å². The predicted molar refractivity (Wildman–Crippen MR) is 69.6 cm³/mol. The van der Waals surface area contributed by atoms with Gasteiger partial charge in [0.15, 0.2) is 0 Å². The Balaban J connectivity index is 2.17. The lowest BCUT2D eigenvalue weighted by Gasteiger charge is -2.20. The second-order valence-corrected chi connectivity index (χ2v) is 5.15. The SMILES string of the molecule is CC1(c2ccsc2)NC(=O)N(CC(=O)NC(N)=O)C1=O. The van der Waals surface area contributed by atoms with Crippen LogP contribution in [0.2, 0.25) is 0 Å². The molecule has 0 saturated carbocycles. The van der Waals surface area contributed by atoms with E-state index in [-0.39, 0.29) is 0 Å². The van der Waals surface area contributed by atoms with Crippen LogP contribution in [-0.2, 0) is 15.1 Å². The van der Waals surface area contributed by atoms with E-state index in [9.17, 15) is 19.2 Å². The second-order valence-electron chi connectivity index (χ2n) is 4.37. The molecule has 0 radical (unpaired) electrons. The molecule has 1 saturated heterocycles. The first-order valence-corrected chi connectivity index (χ1v) is 6.55. The predicted octanol–water partition coefficient (Wildman–Crippen LogP) is -0.290. The Morgan fingerprint density at radius 3 is 2.75 bits per heavy atom. The average Bonchev–Trinajstić information content (AvgIpc) is 2.93. The van der Waals surface area contributed by atoms with E-state index in [0.717, 1.165) is 4.90 Å². The normalized spacial score (nSPS) is 21.8. The number of thiophene rings is 1. The standard InChI is InChI=1S/C11H12N4O4S/c1-11(6-2-3-20-5-6)8(17)15(10(19)14-11)4-7(16)13-9(12)18/h2-3,5H,4H2,1H3,(H,14,19)(H3,12,13,16,18). The Labute approximate surface area is 117 Å². The van der Waals surface area contributed by atoms with E-state index in [1.165, 1.54) is 11.3 Å². The minimum Gasteiger partial charge on any atom is -0.351 e. The number of rotatable bonds is 3. The van der Waals surface area contributed by atoms with Gasteiger partial charge in [-0.2, -0.15) is 11.3 Å². The van der Waals surface area contributed by atoms with Crippen LogP contribution < -0.4 is 16.4 Å². The van der Waals surface area contributed by atoms with Crippen molar-refractivity contribution in [3.63, 3.8) is 0 Å². The Morgan fingerprint density at radius 2 is 2.20 bits per heavy atom. The topological polar surface area (TPSA) is 122 Å². The van der Waals surface area contributed by atoms with Gasteiger partial charge in [-0.15, -0.1) is 0 Å². The number of hydrogen-bond acceptors (Lipinski definition) is 5. The average molecular weight is 296 g/mol. The maximum absolute atomic E-state index is 12.3. The summed E-state index contributed by atoms with van der Waals surface area (Å²) in [5, 5.41) is 7.86. The number of urea groups is 2. The lowest BCUT2D eigenvalue weighted by Crippen LogP contribution is -2.45. The number of nitrogens with two attached hydrogens (primary N) is 1. The van der Waals surface area contributed by atoms with Crippen molar-refractivity contribution in [3.05, 3.63) is 22.4 Å². The summed E-state index contributed by atoms with van der Waals surface area (Å²) in [6.07, 6.45) is 0. The molecule has 1 aromatic rings. The van der Waals surface area contributed by atoms with E-state index in [1.807, 2.05) is 0 Å². The monoisotopic (exact) mass is 296 g/mol. The summed E-state index contributed by atoms with van der Waals surface area (Å²) < 4.78 is 0. The van der Waals surface area contributed by atoms with E-state index in [4.69, 9.17) is 5.73 Å². The molecule has 1 fully saturated rings. The molecule has 0 bridgehead atoms. The van der Waals surface area contributed by atoms with Crippen molar-refractivity contribution in [2.45, 2.75) is 12.5 Å². The van der Waals surface area contributed by atoms with Crippen LogP contribution >= 0.6 is 11.3 Å². The molecule has 0 aliphatic carbocycles. The summed E-state index contributed by atoms with van der Waals surface area (Å²) in [7, 11) is 0. The first-order chi connectivity index (χ1) is 9.34. The fourth-order valence-electron chi connectivity index (χ4n) is 1.91. The third kappa shape index (κ3) is 2.35. The van der Waals surface area contributed by atoms with Crippen molar-refractivity contribution in [2.24, 2.45) is 5.73 Å². The van der Waals surface area contributed by atoms with Crippen LogP contribution in [0.3, 0.4) is 0 Å². The summed E-state index contributed by atoms with van der Waals surface area (Å²) in [6.45, 7) is 0.995. The minimum atomic E-state index is -1.20. The molecule has 2 heterocycles. The third-order valence-corrected chi connectivity index (χ3v) is 3.62. The van der Waals surface area contributed by atoms with Crippen molar-refractivity contribution >= 4 is 35.2 Å². The van der Waals surface area contributed by atoms with E-state index in [2.05, 4.69) is 5.32 Å². The summed E-state index contributed by atoms with van der Waals surface area (Å²) in [5.41, 5.74) is 4.23. The highest BCUT2D eigenvalue weighted by molar-refractivity contribution is 7.08. The highest BCUT2D eigenvalue weighted by atomic mass is 32.1. The van der Waals surface area contributed by atoms with Gasteiger partial charge in [-0.1, -0.05) is 0 Å². The molecule has 0 aromatic carbocycles. The highest BCUT2D eigenvalue weighted by Crippen LogP contribution is 2.29. The van der Waals surface area contributed by atoms with Gasteiger partial charge in [0.2, 0.25) is 5.91 Å². The molecule has 6 amide bonds. The molecule has 1 atom stereocenters. The number of amides is 6. The van der Waals surface area contributed by atoms with Crippen LogP contribution in [-0.4, -0.2) is 35.3 Å². The van der Waals surface area contributed by atoms with Gasteiger partial charge in [0.25, 0.3) is 5.91 Å². The molecular formula is C11H12N4O4S. The van der Waals surface area contributed by atoms with Crippen LogP contribution in [0.5, 0.6) is 0 Å². The van der Waals surface area contributed by atoms with Crippen molar-refractivity contribution in [1.29, 1.82) is 0 Å². The maximum atomic E-state index is 12.3. The van der Waals surface area contributed by atoms with Crippen LogP contribution in [0.15, 0.2) is 16.8 Å². The van der Waals surface area contributed by atoms with Crippen LogP contribution in [0.25, 0.3) is 0 Å². The second kappa shape index (κ2) is 4.93. The fraction of sp³-hybridized carbons (Fsp3) is 0.273. The first-order valence-electron chi connectivity index (χ1n) is 5.60. The van der Waals surface area contributed by atoms with Gasteiger partial charge in [-0.3, -0.25) is 19.8 Å². The molecule has 2 rings (SSSR count). The van der Waals surface area contributed by atoms with Crippen molar-refractivity contribution in [1.82, 2.24) is 15.5 Å². The number of hydrogen-bond donors (Lipinski definition) is 3. The van der Waals surface area contributed by atoms with Gasteiger partial charge in [0.05, 0.1) is 0 Å². The molecule has 0 spiro atoms. The van der Waals surface area contributed by atoms with Gasteiger partial charge in [0, 0.05) is 0 Å². The Kier molecular flexibility index (Phi) is 3.45. The molecular weight excluding hydrogens is 284 g/mol. The smallest absolute Gasteiger partial charge is 0.325 e. The van der Waals surface area contributed by atoms with Crippen LogP contribution in [0.4, 0.5) is 9.59 Å². The third-order valence-electron chi connectivity index (χ3n) is 2.94. The molecule has 8 nitrogen and oxygen atoms in total. The first kappa shape index (κ1) is 14.0.